The molecule has 1 unspecified atom stereocenters. The molecule has 1 N–H and O–H groups in total. The minimum Gasteiger partial charge on any atom is -0.491 e. The summed E-state index contributed by atoms with van der Waals surface area (Å²) in [5.41, 5.74) is 0.744. The zero-order chi connectivity index (χ0) is 20.6. The predicted molar refractivity (Wildman–Crippen MR) is 108 cm³/mol. The van der Waals surface area contributed by atoms with Crippen molar-refractivity contribution in [2.24, 2.45) is 0 Å². The molecule has 1 aliphatic heterocycles. The van der Waals surface area contributed by atoms with Crippen molar-refractivity contribution in [1.82, 2.24) is 0 Å². The lowest BCUT2D eigenvalue weighted by Crippen LogP contribution is -2.24. The number of ether oxygens (including phenoxy) is 6. The lowest BCUT2D eigenvalue weighted by atomic mass is 10.2. The molecule has 1 fully saturated rings. The summed E-state index contributed by atoms with van der Waals surface area (Å²) in [4.78, 5) is 11.0. The summed E-state index contributed by atoms with van der Waals surface area (Å²) in [5.74, 6) is 0.634. The lowest BCUT2D eigenvalue weighted by Gasteiger charge is -2.22. The second-order valence-electron chi connectivity index (χ2n) is 6.56. The third-order valence-electron chi connectivity index (χ3n) is 4.08. The molecule has 1 aromatic carbocycles. The number of carbonyl (C=O) groups excluding carboxylic acids is 1. The fraction of sp³-hybridized carbons (Fsp3) is 0.667. The van der Waals surface area contributed by atoms with Crippen LogP contribution in [-0.2, 0) is 28.5 Å². The van der Waals surface area contributed by atoms with Crippen LogP contribution in [0.15, 0.2) is 24.3 Å². The summed E-state index contributed by atoms with van der Waals surface area (Å²) >= 11 is 0. The van der Waals surface area contributed by atoms with Gasteiger partial charge in [-0.25, -0.2) is 0 Å². The van der Waals surface area contributed by atoms with E-state index in [0.29, 0.717) is 52.9 Å². The highest BCUT2D eigenvalue weighted by atomic mass is 16.7. The monoisotopic (exact) mass is 411 g/mol. The molecule has 164 valence electrons. The Kier molecular flexibility index (Phi) is 12.3. The highest BCUT2D eigenvalue weighted by molar-refractivity contribution is 5.88. The molecule has 0 radical (unpaired) electrons. The van der Waals surface area contributed by atoms with Crippen LogP contribution in [0.2, 0.25) is 0 Å². The van der Waals surface area contributed by atoms with Crippen LogP contribution in [0.5, 0.6) is 5.75 Å². The predicted octanol–water partition coefficient (Wildman–Crippen LogP) is 2.62. The van der Waals surface area contributed by atoms with E-state index in [0.717, 1.165) is 30.9 Å². The molecule has 29 heavy (non-hydrogen) atoms. The molecule has 0 spiro atoms. The second-order valence-corrected chi connectivity index (χ2v) is 6.56. The van der Waals surface area contributed by atoms with Crippen LogP contribution < -0.4 is 10.1 Å². The molecule has 8 heteroatoms. The first-order valence-corrected chi connectivity index (χ1v) is 10.2. The van der Waals surface area contributed by atoms with Crippen LogP contribution in [0.25, 0.3) is 0 Å². The maximum Gasteiger partial charge on any atom is 0.221 e. The van der Waals surface area contributed by atoms with E-state index in [-0.39, 0.29) is 12.2 Å². The molecule has 1 aromatic rings. The molecule has 0 saturated carbocycles. The molecule has 0 bridgehead atoms. The van der Waals surface area contributed by atoms with Crippen molar-refractivity contribution in [3.8, 4) is 5.75 Å². The van der Waals surface area contributed by atoms with Gasteiger partial charge in [0.2, 0.25) is 5.91 Å². The molecule has 1 amide bonds. The summed E-state index contributed by atoms with van der Waals surface area (Å²) in [7, 11) is 0. The molecule has 1 heterocycles. The average Bonchev–Trinajstić information content (AvgIpc) is 2.73. The van der Waals surface area contributed by atoms with E-state index in [4.69, 9.17) is 28.4 Å². The number of benzene rings is 1. The first kappa shape index (κ1) is 23.6. The highest BCUT2D eigenvalue weighted by Crippen LogP contribution is 2.15. The van der Waals surface area contributed by atoms with E-state index in [9.17, 15) is 4.79 Å². The Morgan fingerprint density at radius 1 is 0.931 bits per heavy atom. The highest BCUT2D eigenvalue weighted by Gasteiger charge is 2.13. The second kappa shape index (κ2) is 15.2. The van der Waals surface area contributed by atoms with Crippen LogP contribution >= 0.6 is 0 Å². The maximum atomic E-state index is 11.0. The van der Waals surface area contributed by atoms with Gasteiger partial charge in [-0.15, -0.1) is 0 Å². The molecular weight excluding hydrogens is 378 g/mol. The van der Waals surface area contributed by atoms with Crippen molar-refractivity contribution < 1.29 is 33.2 Å². The number of hydrogen-bond donors (Lipinski definition) is 1. The Morgan fingerprint density at radius 3 is 2.14 bits per heavy atom. The number of hydrogen-bond acceptors (Lipinski definition) is 7. The van der Waals surface area contributed by atoms with Crippen LogP contribution in [0.1, 0.15) is 26.2 Å². The van der Waals surface area contributed by atoms with E-state index in [2.05, 4.69) is 5.32 Å². The van der Waals surface area contributed by atoms with E-state index in [1.54, 1.807) is 12.1 Å². The fourth-order valence-electron chi connectivity index (χ4n) is 2.68. The quantitative estimate of drug-likeness (QED) is 0.444. The molecule has 1 aliphatic rings. The third-order valence-corrected chi connectivity index (χ3v) is 4.08. The normalized spacial score (nSPS) is 16.5. The third kappa shape index (κ3) is 11.8. The lowest BCUT2D eigenvalue weighted by molar-refractivity contribution is -0.169. The van der Waals surface area contributed by atoms with E-state index >= 15 is 0 Å². The summed E-state index contributed by atoms with van der Waals surface area (Å²) in [5, 5.41) is 2.71. The Morgan fingerprint density at radius 2 is 1.55 bits per heavy atom. The fourth-order valence-corrected chi connectivity index (χ4v) is 2.68. The van der Waals surface area contributed by atoms with Crippen molar-refractivity contribution in [2.45, 2.75) is 32.5 Å². The smallest absolute Gasteiger partial charge is 0.221 e. The van der Waals surface area contributed by atoms with Gasteiger partial charge < -0.3 is 33.7 Å². The van der Waals surface area contributed by atoms with Gasteiger partial charge in [-0.05, 0) is 43.5 Å². The van der Waals surface area contributed by atoms with Gasteiger partial charge in [0.25, 0.3) is 0 Å². The van der Waals surface area contributed by atoms with Gasteiger partial charge in [-0.3, -0.25) is 4.79 Å². The Labute approximate surface area is 172 Å². The van der Waals surface area contributed by atoms with E-state index < -0.39 is 0 Å². The van der Waals surface area contributed by atoms with Gasteiger partial charge in [0.1, 0.15) is 12.4 Å². The first-order valence-electron chi connectivity index (χ1n) is 10.2. The number of carbonyl (C=O) groups is 1. The molecule has 2 rings (SSSR count). The van der Waals surface area contributed by atoms with Gasteiger partial charge >= 0.3 is 0 Å². The zero-order valence-corrected chi connectivity index (χ0v) is 17.2. The van der Waals surface area contributed by atoms with Crippen molar-refractivity contribution in [3.05, 3.63) is 24.3 Å². The summed E-state index contributed by atoms with van der Waals surface area (Å²) in [6.45, 7) is 6.37. The van der Waals surface area contributed by atoms with Crippen LogP contribution in [0, 0.1) is 0 Å². The Bertz CT molecular complexity index is 546. The van der Waals surface area contributed by atoms with Crippen LogP contribution in [0.4, 0.5) is 5.69 Å². The van der Waals surface area contributed by atoms with E-state index in [1.165, 1.54) is 13.3 Å². The molecule has 0 aromatic heterocycles. The van der Waals surface area contributed by atoms with Crippen LogP contribution in [0.3, 0.4) is 0 Å². The van der Waals surface area contributed by atoms with Crippen LogP contribution in [-0.4, -0.2) is 71.7 Å². The molecular formula is C21H33NO7. The zero-order valence-electron chi connectivity index (χ0n) is 17.2. The number of rotatable bonds is 15. The van der Waals surface area contributed by atoms with Crippen molar-refractivity contribution in [1.29, 1.82) is 0 Å². The van der Waals surface area contributed by atoms with Gasteiger partial charge in [-0.1, -0.05) is 0 Å². The number of amides is 1. The SMILES string of the molecule is CC(=O)Nc1ccc(OCCOCCOCCOCCOC2CCCCO2)cc1. The minimum atomic E-state index is -0.0976. The number of anilines is 1. The largest absolute Gasteiger partial charge is 0.491 e. The van der Waals surface area contributed by atoms with Gasteiger partial charge in [0.05, 0.1) is 46.2 Å². The standard InChI is InChI=1S/C21H33NO7/c1-18(23)22-19-5-7-20(8-6-19)27-16-14-25-12-10-24-11-13-26-15-17-29-21-4-2-3-9-28-21/h5-8,21H,2-4,9-17H2,1H3,(H,22,23). The van der Waals surface area contributed by atoms with E-state index in [1.807, 2.05) is 12.1 Å². The summed E-state index contributed by atoms with van der Waals surface area (Å²) in [6, 6.07) is 7.20. The summed E-state index contributed by atoms with van der Waals surface area (Å²) in [6.07, 6.45) is 3.20. The minimum absolute atomic E-state index is 0.0622. The molecule has 1 saturated heterocycles. The van der Waals surface area contributed by atoms with Gasteiger partial charge in [0, 0.05) is 19.2 Å². The van der Waals surface area contributed by atoms with Crippen molar-refractivity contribution >= 4 is 11.6 Å². The first-order chi connectivity index (χ1) is 14.2. The van der Waals surface area contributed by atoms with Crippen molar-refractivity contribution in [2.75, 3.05) is 64.8 Å². The average molecular weight is 411 g/mol. The summed E-state index contributed by atoms with van der Waals surface area (Å²) < 4.78 is 33.0. The maximum absolute atomic E-state index is 11.0. The number of nitrogens with one attached hydrogen (secondary N) is 1. The topological polar surface area (TPSA) is 84.5 Å². The Balaban J connectivity index is 1.32. The van der Waals surface area contributed by atoms with Gasteiger partial charge in [0.15, 0.2) is 6.29 Å². The molecule has 0 aliphatic carbocycles. The van der Waals surface area contributed by atoms with Crippen molar-refractivity contribution in [3.63, 3.8) is 0 Å². The molecule has 8 nitrogen and oxygen atoms in total. The van der Waals surface area contributed by atoms with Gasteiger partial charge in [-0.2, -0.15) is 0 Å². The molecule has 1 atom stereocenters. The Hall–Kier alpha value is -1.71.